The zero-order valence-corrected chi connectivity index (χ0v) is 9.33. The minimum Gasteiger partial charge on any atom is -0.310 e. The number of nitrogens with zero attached hydrogens (tertiary/aromatic N) is 1. The number of aromatic nitrogens is 1. The third-order valence-electron chi connectivity index (χ3n) is 2.35. The summed E-state index contributed by atoms with van der Waals surface area (Å²) in [6, 6.07) is 4.64. The van der Waals surface area contributed by atoms with E-state index in [2.05, 4.69) is 43.2 Å². The van der Waals surface area contributed by atoms with Crippen molar-refractivity contribution in [1.29, 1.82) is 0 Å². The zero-order valence-electron chi connectivity index (χ0n) is 9.33. The van der Waals surface area contributed by atoms with Crippen molar-refractivity contribution in [2.45, 2.75) is 33.2 Å². The Labute approximate surface area is 86.8 Å². The van der Waals surface area contributed by atoms with E-state index in [4.69, 9.17) is 0 Å². The summed E-state index contributed by atoms with van der Waals surface area (Å²) in [5, 5.41) is 3.56. The van der Waals surface area contributed by atoms with Gasteiger partial charge in [-0.25, -0.2) is 0 Å². The second-order valence-electron chi connectivity index (χ2n) is 3.96. The Kier molecular flexibility index (Phi) is 4.60. The van der Waals surface area contributed by atoms with Crippen LogP contribution in [0.4, 0.5) is 0 Å². The lowest BCUT2D eigenvalue weighted by atomic mass is 9.97. The second-order valence-corrected chi connectivity index (χ2v) is 3.96. The Morgan fingerprint density at radius 2 is 1.93 bits per heavy atom. The quantitative estimate of drug-likeness (QED) is 0.776. The summed E-state index contributed by atoms with van der Waals surface area (Å²) in [6.07, 6.45) is 4.89. The molecule has 1 unspecified atom stereocenters. The first kappa shape index (κ1) is 11.2. The van der Waals surface area contributed by atoms with Crippen LogP contribution in [0.5, 0.6) is 0 Å². The van der Waals surface area contributed by atoms with Gasteiger partial charge in [-0.05, 0) is 36.6 Å². The van der Waals surface area contributed by atoms with Crippen LogP contribution in [0.3, 0.4) is 0 Å². The maximum atomic E-state index is 4.04. The van der Waals surface area contributed by atoms with E-state index < -0.39 is 0 Å². The molecule has 0 amide bonds. The molecule has 1 aromatic rings. The van der Waals surface area contributed by atoms with Crippen molar-refractivity contribution in [1.82, 2.24) is 10.3 Å². The van der Waals surface area contributed by atoms with E-state index in [1.165, 1.54) is 12.0 Å². The van der Waals surface area contributed by atoms with Gasteiger partial charge in [0.2, 0.25) is 0 Å². The highest BCUT2D eigenvalue weighted by atomic mass is 14.9. The van der Waals surface area contributed by atoms with Gasteiger partial charge >= 0.3 is 0 Å². The monoisotopic (exact) mass is 192 g/mol. The molecule has 0 fully saturated rings. The predicted octanol–water partition coefficient (Wildman–Crippen LogP) is 2.78. The maximum Gasteiger partial charge on any atom is 0.0344 e. The number of hydrogen-bond donors (Lipinski definition) is 1. The summed E-state index contributed by atoms with van der Waals surface area (Å²) in [6.45, 7) is 7.75. The van der Waals surface area contributed by atoms with Crippen molar-refractivity contribution in [3.63, 3.8) is 0 Å². The van der Waals surface area contributed by atoms with Crippen molar-refractivity contribution in [3.8, 4) is 0 Å². The maximum absolute atomic E-state index is 4.04. The molecule has 0 aromatic carbocycles. The van der Waals surface area contributed by atoms with E-state index in [-0.39, 0.29) is 0 Å². The predicted molar refractivity (Wildman–Crippen MR) is 60.1 cm³/mol. The van der Waals surface area contributed by atoms with Gasteiger partial charge < -0.3 is 5.32 Å². The fraction of sp³-hybridized carbons (Fsp3) is 0.583. The van der Waals surface area contributed by atoms with Crippen LogP contribution in [0.15, 0.2) is 24.5 Å². The molecule has 1 aromatic heterocycles. The molecule has 14 heavy (non-hydrogen) atoms. The number of nitrogens with one attached hydrogen (secondary N) is 1. The molecular weight excluding hydrogens is 172 g/mol. The molecule has 2 nitrogen and oxygen atoms in total. The van der Waals surface area contributed by atoms with Gasteiger partial charge in [0, 0.05) is 18.4 Å². The Morgan fingerprint density at radius 3 is 2.43 bits per heavy atom. The van der Waals surface area contributed by atoms with Crippen LogP contribution in [0.25, 0.3) is 0 Å². The van der Waals surface area contributed by atoms with Crippen molar-refractivity contribution < 1.29 is 0 Å². The van der Waals surface area contributed by atoms with Crippen molar-refractivity contribution in [3.05, 3.63) is 30.1 Å². The molecule has 1 rings (SSSR count). The average molecular weight is 192 g/mol. The van der Waals surface area contributed by atoms with Crippen LogP contribution in [-0.2, 0) is 0 Å². The molecule has 0 bridgehead atoms. The molecule has 1 atom stereocenters. The summed E-state index contributed by atoms with van der Waals surface area (Å²) in [7, 11) is 0. The van der Waals surface area contributed by atoms with Crippen LogP contribution in [0.2, 0.25) is 0 Å². The normalized spacial score (nSPS) is 13.1. The van der Waals surface area contributed by atoms with E-state index in [1.807, 2.05) is 12.4 Å². The minimum absolute atomic E-state index is 0.456. The highest BCUT2D eigenvalue weighted by Crippen LogP contribution is 2.20. The van der Waals surface area contributed by atoms with E-state index in [0.29, 0.717) is 12.0 Å². The molecule has 1 heterocycles. The van der Waals surface area contributed by atoms with E-state index in [1.54, 1.807) is 0 Å². The smallest absolute Gasteiger partial charge is 0.0344 e. The van der Waals surface area contributed by atoms with Gasteiger partial charge in [0.05, 0.1) is 0 Å². The molecule has 0 aliphatic rings. The fourth-order valence-corrected chi connectivity index (χ4v) is 1.61. The first-order chi connectivity index (χ1) is 6.75. The van der Waals surface area contributed by atoms with Gasteiger partial charge in [-0.1, -0.05) is 20.8 Å². The van der Waals surface area contributed by atoms with Crippen LogP contribution in [-0.4, -0.2) is 11.5 Å². The second kappa shape index (κ2) is 5.76. The fourth-order valence-electron chi connectivity index (χ4n) is 1.61. The summed E-state index contributed by atoms with van der Waals surface area (Å²) in [5.41, 5.74) is 1.34. The zero-order chi connectivity index (χ0) is 10.4. The highest BCUT2D eigenvalue weighted by Gasteiger charge is 2.13. The van der Waals surface area contributed by atoms with Crippen molar-refractivity contribution in [2.75, 3.05) is 6.54 Å². The average Bonchev–Trinajstić information content (AvgIpc) is 2.19. The lowest BCUT2D eigenvalue weighted by Crippen LogP contribution is -2.26. The van der Waals surface area contributed by atoms with Crippen LogP contribution >= 0.6 is 0 Å². The van der Waals surface area contributed by atoms with Gasteiger partial charge in [0.15, 0.2) is 0 Å². The minimum atomic E-state index is 0.456. The van der Waals surface area contributed by atoms with Gasteiger partial charge in [-0.3, -0.25) is 4.98 Å². The van der Waals surface area contributed by atoms with E-state index in [0.717, 1.165) is 6.54 Å². The largest absolute Gasteiger partial charge is 0.310 e. The number of rotatable bonds is 5. The summed E-state index contributed by atoms with van der Waals surface area (Å²) in [5.74, 6) is 0.615. The molecule has 0 aliphatic heterocycles. The van der Waals surface area contributed by atoms with Crippen LogP contribution < -0.4 is 5.32 Å². The molecule has 1 N–H and O–H groups in total. The molecule has 2 heteroatoms. The molecule has 0 saturated heterocycles. The van der Waals surface area contributed by atoms with Gasteiger partial charge in [-0.15, -0.1) is 0 Å². The van der Waals surface area contributed by atoms with Crippen molar-refractivity contribution in [2.24, 2.45) is 5.92 Å². The molecule has 78 valence electrons. The molecule has 0 saturated carbocycles. The molecular formula is C12H20N2. The third kappa shape index (κ3) is 3.11. The standard InChI is InChI=1S/C12H20N2/c1-4-7-14-12(10(2)3)11-5-8-13-9-6-11/h5-6,8-10,12,14H,4,7H2,1-3H3. The number of pyridine rings is 1. The van der Waals surface area contributed by atoms with Crippen LogP contribution in [0.1, 0.15) is 38.8 Å². The van der Waals surface area contributed by atoms with Gasteiger partial charge in [0.1, 0.15) is 0 Å². The SMILES string of the molecule is CCCNC(c1ccncc1)C(C)C. The van der Waals surface area contributed by atoms with E-state index >= 15 is 0 Å². The summed E-state index contributed by atoms with van der Waals surface area (Å²) >= 11 is 0. The Balaban J connectivity index is 2.68. The summed E-state index contributed by atoms with van der Waals surface area (Å²) in [4.78, 5) is 4.04. The lowest BCUT2D eigenvalue weighted by molar-refractivity contribution is 0.412. The topological polar surface area (TPSA) is 24.9 Å². The third-order valence-corrected chi connectivity index (χ3v) is 2.35. The first-order valence-electron chi connectivity index (χ1n) is 5.39. The number of hydrogen-bond acceptors (Lipinski definition) is 2. The molecule has 0 spiro atoms. The molecule has 0 aliphatic carbocycles. The Morgan fingerprint density at radius 1 is 1.29 bits per heavy atom. The van der Waals surface area contributed by atoms with Gasteiger partial charge in [-0.2, -0.15) is 0 Å². The highest BCUT2D eigenvalue weighted by molar-refractivity contribution is 5.15. The Hall–Kier alpha value is -0.890. The van der Waals surface area contributed by atoms with Gasteiger partial charge in [0.25, 0.3) is 0 Å². The lowest BCUT2D eigenvalue weighted by Gasteiger charge is -2.22. The first-order valence-corrected chi connectivity index (χ1v) is 5.39. The van der Waals surface area contributed by atoms with Crippen LogP contribution in [0, 0.1) is 5.92 Å². The Bertz CT molecular complexity index is 244. The van der Waals surface area contributed by atoms with E-state index in [9.17, 15) is 0 Å². The van der Waals surface area contributed by atoms with Crippen molar-refractivity contribution >= 4 is 0 Å². The molecule has 0 radical (unpaired) electrons. The summed E-state index contributed by atoms with van der Waals surface area (Å²) < 4.78 is 0.